The predicted molar refractivity (Wildman–Crippen MR) is 82.7 cm³/mol. The van der Waals surface area contributed by atoms with E-state index < -0.39 is 10.0 Å². The van der Waals surface area contributed by atoms with Crippen LogP contribution < -0.4 is 10.0 Å². The largest absolute Gasteiger partial charge is 0.387 e. The van der Waals surface area contributed by atoms with Gasteiger partial charge in [0.05, 0.1) is 11.4 Å². The summed E-state index contributed by atoms with van der Waals surface area (Å²) in [5, 5.41) is 2.89. The summed E-state index contributed by atoms with van der Waals surface area (Å²) in [6.07, 6.45) is 0. The van der Waals surface area contributed by atoms with E-state index in [2.05, 4.69) is 10.0 Å². The second-order valence-electron chi connectivity index (χ2n) is 4.60. The van der Waals surface area contributed by atoms with Gasteiger partial charge in [-0.25, -0.2) is 8.42 Å². The zero-order valence-electron chi connectivity index (χ0n) is 11.8. The van der Waals surface area contributed by atoms with Gasteiger partial charge in [0.15, 0.2) is 0 Å². The summed E-state index contributed by atoms with van der Waals surface area (Å²) in [5.74, 6) is 0. The van der Waals surface area contributed by atoms with Crippen LogP contribution in [0.25, 0.3) is 0 Å². The molecule has 0 atom stereocenters. The highest BCUT2D eigenvalue weighted by Gasteiger charge is 2.18. The minimum atomic E-state index is -3.61. The van der Waals surface area contributed by atoms with Crippen LogP contribution in [-0.4, -0.2) is 15.5 Å². The molecular weight excluding hydrogens is 272 g/mol. The number of benzene rings is 2. The molecule has 0 saturated heterocycles. The van der Waals surface area contributed by atoms with Crippen molar-refractivity contribution < 1.29 is 8.42 Å². The average molecular weight is 290 g/mol. The van der Waals surface area contributed by atoms with Crippen LogP contribution in [0.4, 0.5) is 11.4 Å². The summed E-state index contributed by atoms with van der Waals surface area (Å²) in [5.41, 5.74) is 3.16. The maximum Gasteiger partial charge on any atom is 0.263 e. The number of nitrogens with one attached hydrogen (secondary N) is 2. The van der Waals surface area contributed by atoms with Crippen molar-refractivity contribution in [3.63, 3.8) is 0 Å². The Hall–Kier alpha value is -2.01. The molecule has 0 amide bonds. The van der Waals surface area contributed by atoms with Gasteiger partial charge in [-0.1, -0.05) is 24.3 Å². The minimum absolute atomic E-state index is 0.239. The van der Waals surface area contributed by atoms with Crippen molar-refractivity contribution in [3.8, 4) is 0 Å². The molecule has 0 spiro atoms. The molecule has 2 aromatic rings. The molecule has 20 heavy (non-hydrogen) atoms. The molecule has 5 heteroatoms. The normalized spacial score (nSPS) is 11.2. The zero-order chi connectivity index (χ0) is 14.8. The first-order valence-electron chi connectivity index (χ1n) is 6.31. The summed E-state index contributed by atoms with van der Waals surface area (Å²) < 4.78 is 27.6. The topological polar surface area (TPSA) is 58.2 Å². The standard InChI is InChI=1S/C15H18N2O2S/c1-11-7-6-9-13(12(11)2)17-20(18,19)15-10-5-4-8-14(15)16-3/h4-10,16-17H,1-3H3. The molecular formula is C15H18N2O2S. The Kier molecular flexibility index (Phi) is 3.99. The SMILES string of the molecule is CNc1ccccc1S(=O)(=O)Nc1cccc(C)c1C. The van der Waals surface area contributed by atoms with Gasteiger partial charge in [0, 0.05) is 7.05 Å². The van der Waals surface area contributed by atoms with E-state index in [0.29, 0.717) is 11.4 Å². The van der Waals surface area contributed by atoms with Crippen molar-refractivity contribution in [1.29, 1.82) is 0 Å². The lowest BCUT2D eigenvalue weighted by atomic mass is 10.1. The fourth-order valence-electron chi connectivity index (χ4n) is 1.97. The van der Waals surface area contributed by atoms with Crippen LogP contribution in [0.5, 0.6) is 0 Å². The Labute approximate surface area is 119 Å². The highest BCUT2D eigenvalue weighted by atomic mass is 32.2. The average Bonchev–Trinajstić information content (AvgIpc) is 2.43. The summed E-state index contributed by atoms with van der Waals surface area (Å²) in [4.78, 5) is 0.239. The van der Waals surface area contributed by atoms with Crippen LogP contribution in [0.1, 0.15) is 11.1 Å². The van der Waals surface area contributed by atoms with Gasteiger partial charge < -0.3 is 5.32 Å². The third-order valence-corrected chi connectivity index (χ3v) is 4.72. The van der Waals surface area contributed by atoms with E-state index in [9.17, 15) is 8.42 Å². The van der Waals surface area contributed by atoms with Crippen molar-refractivity contribution >= 4 is 21.4 Å². The first-order chi connectivity index (χ1) is 9.45. The van der Waals surface area contributed by atoms with Gasteiger partial charge in [0.25, 0.3) is 10.0 Å². The Bertz CT molecular complexity index is 724. The van der Waals surface area contributed by atoms with Crippen molar-refractivity contribution in [2.45, 2.75) is 18.7 Å². The number of anilines is 2. The second-order valence-corrected chi connectivity index (χ2v) is 6.25. The second kappa shape index (κ2) is 5.54. The Balaban J connectivity index is 2.44. The summed E-state index contributed by atoms with van der Waals surface area (Å²) >= 11 is 0. The van der Waals surface area contributed by atoms with Crippen LogP contribution in [0.3, 0.4) is 0 Å². The van der Waals surface area contributed by atoms with Crippen LogP contribution in [0.15, 0.2) is 47.4 Å². The number of aryl methyl sites for hydroxylation is 1. The Morgan fingerprint density at radius 2 is 1.55 bits per heavy atom. The lowest BCUT2D eigenvalue weighted by Crippen LogP contribution is -2.15. The number of sulfonamides is 1. The molecule has 0 aliphatic heterocycles. The van der Waals surface area contributed by atoms with Crippen LogP contribution in [0.2, 0.25) is 0 Å². The maximum atomic E-state index is 12.5. The molecule has 106 valence electrons. The number of hydrogen-bond acceptors (Lipinski definition) is 3. The number of rotatable bonds is 4. The molecule has 0 saturated carbocycles. The highest BCUT2D eigenvalue weighted by Crippen LogP contribution is 2.25. The van der Waals surface area contributed by atoms with E-state index >= 15 is 0 Å². The smallest absolute Gasteiger partial charge is 0.263 e. The molecule has 0 aliphatic carbocycles. The number of para-hydroxylation sites is 1. The van der Waals surface area contributed by atoms with E-state index in [1.165, 1.54) is 0 Å². The Morgan fingerprint density at radius 1 is 0.900 bits per heavy atom. The molecule has 0 aliphatic rings. The summed E-state index contributed by atoms with van der Waals surface area (Å²) in [6, 6.07) is 12.4. The van der Waals surface area contributed by atoms with Gasteiger partial charge in [-0.3, -0.25) is 4.72 Å². The third-order valence-electron chi connectivity index (χ3n) is 3.29. The van der Waals surface area contributed by atoms with E-state index in [1.54, 1.807) is 37.4 Å². The molecule has 0 unspecified atom stereocenters. The van der Waals surface area contributed by atoms with Crippen LogP contribution in [0, 0.1) is 13.8 Å². The summed E-state index contributed by atoms with van der Waals surface area (Å²) in [7, 11) is -1.91. The molecule has 0 heterocycles. The zero-order valence-corrected chi connectivity index (χ0v) is 12.6. The minimum Gasteiger partial charge on any atom is -0.387 e. The molecule has 0 aromatic heterocycles. The van der Waals surface area contributed by atoms with Gasteiger partial charge in [-0.15, -0.1) is 0 Å². The van der Waals surface area contributed by atoms with Gasteiger partial charge in [0.1, 0.15) is 4.90 Å². The van der Waals surface area contributed by atoms with E-state index in [4.69, 9.17) is 0 Å². The first kappa shape index (κ1) is 14.4. The predicted octanol–water partition coefficient (Wildman–Crippen LogP) is 3.15. The highest BCUT2D eigenvalue weighted by molar-refractivity contribution is 7.92. The summed E-state index contributed by atoms with van der Waals surface area (Å²) in [6.45, 7) is 3.85. The van der Waals surface area contributed by atoms with Gasteiger partial charge in [-0.05, 0) is 43.2 Å². The van der Waals surface area contributed by atoms with Gasteiger partial charge >= 0.3 is 0 Å². The quantitative estimate of drug-likeness (QED) is 0.909. The molecule has 0 radical (unpaired) electrons. The number of hydrogen-bond donors (Lipinski definition) is 2. The lowest BCUT2D eigenvalue weighted by molar-refractivity contribution is 0.601. The van der Waals surface area contributed by atoms with E-state index in [0.717, 1.165) is 11.1 Å². The fourth-order valence-corrected chi connectivity index (χ4v) is 3.31. The van der Waals surface area contributed by atoms with Crippen molar-refractivity contribution in [2.24, 2.45) is 0 Å². The maximum absolute atomic E-state index is 12.5. The molecule has 0 fully saturated rings. The van der Waals surface area contributed by atoms with E-state index in [-0.39, 0.29) is 4.90 Å². The van der Waals surface area contributed by atoms with Gasteiger partial charge in [-0.2, -0.15) is 0 Å². The molecule has 2 N–H and O–H groups in total. The van der Waals surface area contributed by atoms with Crippen molar-refractivity contribution in [1.82, 2.24) is 0 Å². The molecule has 0 bridgehead atoms. The molecule has 2 rings (SSSR count). The van der Waals surface area contributed by atoms with Crippen molar-refractivity contribution in [3.05, 3.63) is 53.6 Å². The Morgan fingerprint density at radius 3 is 2.25 bits per heavy atom. The molecule has 2 aromatic carbocycles. The van der Waals surface area contributed by atoms with Crippen molar-refractivity contribution in [2.75, 3.05) is 17.1 Å². The van der Waals surface area contributed by atoms with Crippen LogP contribution in [-0.2, 0) is 10.0 Å². The van der Waals surface area contributed by atoms with Crippen LogP contribution >= 0.6 is 0 Å². The van der Waals surface area contributed by atoms with E-state index in [1.807, 2.05) is 26.0 Å². The van der Waals surface area contributed by atoms with Gasteiger partial charge in [0.2, 0.25) is 0 Å². The lowest BCUT2D eigenvalue weighted by Gasteiger charge is -2.14. The first-order valence-corrected chi connectivity index (χ1v) is 7.80. The monoisotopic (exact) mass is 290 g/mol. The fraction of sp³-hybridized carbons (Fsp3) is 0.200. The molecule has 4 nitrogen and oxygen atoms in total. The third kappa shape index (κ3) is 2.77.